The van der Waals surface area contributed by atoms with Crippen LogP contribution >= 0.6 is 0 Å². The summed E-state index contributed by atoms with van der Waals surface area (Å²) >= 11 is 0. The molecule has 13 nitrogen and oxygen atoms in total. The molecule has 0 amide bonds. The molecule has 0 fully saturated rings. The van der Waals surface area contributed by atoms with Gasteiger partial charge in [-0.25, -0.2) is 9.59 Å². The third kappa shape index (κ3) is 9.37. The number of hydrogen-bond acceptors (Lipinski definition) is 11. The van der Waals surface area contributed by atoms with E-state index >= 15 is 0 Å². The van der Waals surface area contributed by atoms with Crippen molar-refractivity contribution in [2.75, 3.05) is 6.61 Å². The second-order valence-electron chi connectivity index (χ2n) is 4.76. The number of rotatable bonds is 10. The van der Waals surface area contributed by atoms with E-state index in [-0.39, 0.29) is 6.42 Å². The molecule has 0 aliphatic rings. The zero-order chi connectivity index (χ0) is 20.3. The quantitative estimate of drug-likeness (QED) is 0.160. The summed E-state index contributed by atoms with van der Waals surface area (Å²) in [6, 6.07) is 0. The smallest absolute Gasteiger partial charge is 0.335 e. The maximum Gasteiger partial charge on any atom is 0.335 e. The lowest BCUT2D eigenvalue weighted by Crippen LogP contribution is -2.49. The van der Waals surface area contributed by atoms with E-state index in [2.05, 4.69) is 0 Å². The Balaban J connectivity index is 0. The Morgan fingerprint density at radius 3 is 1.32 bits per heavy atom. The Morgan fingerprint density at radius 1 is 0.720 bits per heavy atom. The van der Waals surface area contributed by atoms with E-state index < -0.39 is 61.3 Å². The Labute approximate surface area is 140 Å². The number of carboxylic acid groups (broad SMARTS) is 2. The summed E-state index contributed by atoms with van der Waals surface area (Å²) in [5.74, 6) is -3.68. The number of hydrogen-bond donors (Lipinski definition) is 10. The van der Waals surface area contributed by atoms with Crippen molar-refractivity contribution in [2.45, 2.75) is 49.1 Å². The van der Waals surface area contributed by atoms with Crippen molar-refractivity contribution in [3.8, 4) is 0 Å². The summed E-state index contributed by atoms with van der Waals surface area (Å²) in [5, 5.41) is 86.3. The number of carbonyl (C=O) groups excluding carboxylic acids is 1. The highest BCUT2D eigenvalue weighted by Gasteiger charge is 2.37. The van der Waals surface area contributed by atoms with Gasteiger partial charge in [0.05, 0.1) is 12.7 Å². The standard InChI is InChI=1S/C6H10O8.C6H12O5/c7-1(3(9)5(11)12)2(8)4(10)6(13)14;7-2-1-4(9)6(11)5(10)3-8/h1-4,7-10H,(H,11,12)(H,13,14);2,4-6,8-11H,1,3H2. The summed E-state index contributed by atoms with van der Waals surface area (Å²) in [6.45, 7) is -0.642. The predicted octanol–water partition coefficient (Wildman–Crippen LogP) is -5.75. The highest BCUT2D eigenvalue weighted by Crippen LogP contribution is 2.05. The van der Waals surface area contributed by atoms with E-state index in [4.69, 9.17) is 51.1 Å². The molecule has 0 heterocycles. The lowest BCUT2D eigenvalue weighted by Gasteiger charge is -2.21. The van der Waals surface area contributed by atoms with Crippen molar-refractivity contribution >= 4 is 18.2 Å². The minimum absolute atomic E-state index is 0.252. The number of aliphatic hydroxyl groups is 8. The average molecular weight is 374 g/mol. The van der Waals surface area contributed by atoms with Crippen LogP contribution in [-0.2, 0) is 14.4 Å². The maximum absolute atomic E-state index is 10.1. The van der Waals surface area contributed by atoms with Crippen LogP contribution in [0.15, 0.2) is 0 Å². The Morgan fingerprint density at radius 2 is 1.08 bits per heavy atom. The van der Waals surface area contributed by atoms with Gasteiger partial charge in [0, 0.05) is 6.42 Å². The molecule has 148 valence electrons. The van der Waals surface area contributed by atoms with Crippen LogP contribution in [0.3, 0.4) is 0 Å². The van der Waals surface area contributed by atoms with E-state index in [1.54, 1.807) is 0 Å². The van der Waals surface area contributed by atoms with Gasteiger partial charge in [0.2, 0.25) is 0 Å². The maximum atomic E-state index is 10.1. The fraction of sp³-hybridized carbons (Fsp3) is 0.750. The molecule has 0 radical (unpaired) electrons. The van der Waals surface area contributed by atoms with Gasteiger partial charge in [-0.3, -0.25) is 0 Å². The molecular weight excluding hydrogens is 352 g/mol. The molecule has 7 atom stereocenters. The number of aliphatic hydroxyl groups excluding tert-OH is 8. The van der Waals surface area contributed by atoms with E-state index in [1.807, 2.05) is 0 Å². The summed E-state index contributed by atoms with van der Waals surface area (Å²) < 4.78 is 0. The minimum atomic E-state index is -2.36. The number of carbonyl (C=O) groups is 3. The van der Waals surface area contributed by atoms with Gasteiger partial charge >= 0.3 is 11.9 Å². The van der Waals surface area contributed by atoms with Gasteiger partial charge < -0.3 is 55.9 Å². The van der Waals surface area contributed by atoms with Gasteiger partial charge in [-0.15, -0.1) is 0 Å². The fourth-order valence-corrected chi connectivity index (χ4v) is 1.27. The molecule has 10 N–H and O–H groups in total. The monoisotopic (exact) mass is 374 g/mol. The largest absolute Gasteiger partial charge is 0.479 e. The van der Waals surface area contributed by atoms with Crippen molar-refractivity contribution < 1.29 is 65.4 Å². The summed E-state index contributed by atoms with van der Waals surface area (Å²) in [7, 11) is 0. The van der Waals surface area contributed by atoms with E-state index in [9.17, 15) is 14.4 Å². The molecule has 25 heavy (non-hydrogen) atoms. The van der Waals surface area contributed by atoms with Gasteiger partial charge in [0.1, 0.15) is 30.7 Å². The molecule has 0 aliphatic carbocycles. The van der Waals surface area contributed by atoms with Crippen LogP contribution in [0.1, 0.15) is 6.42 Å². The molecule has 0 spiro atoms. The Hall–Kier alpha value is -1.71. The van der Waals surface area contributed by atoms with Crippen molar-refractivity contribution in [3.05, 3.63) is 0 Å². The molecule has 0 aliphatic heterocycles. The minimum Gasteiger partial charge on any atom is -0.479 e. The first-order valence-corrected chi connectivity index (χ1v) is 6.68. The number of aliphatic carboxylic acids is 2. The second-order valence-corrected chi connectivity index (χ2v) is 4.76. The molecule has 13 heteroatoms. The fourth-order valence-electron chi connectivity index (χ4n) is 1.27. The molecule has 0 bridgehead atoms. The Bertz CT molecular complexity index is 390. The van der Waals surface area contributed by atoms with E-state index in [1.165, 1.54) is 0 Å². The highest BCUT2D eigenvalue weighted by atomic mass is 16.4. The lowest BCUT2D eigenvalue weighted by molar-refractivity contribution is -0.172. The molecule has 7 unspecified atom stereocenters. The molecule has 0 rings (SSSR count). The first-order valence-electron chi connectivity index (χ1n) is 6.68. The molecule has 0 aromatic rings. The second kappa shape index (κ2) is 12.6. The SMILES string of the molecule is O=C(O)C(O)C(O)C(O)C(O)C(=O)O.O=CCC(O)C(O)C(O)CO. The normalized spacial score (nSPS) is 19.2. The number of carboxylic acids is 2. The Kier molecular flexibility index (Phi) is 12.9. The van der Waals surface area contributed by atoms with Crippen LogP contribution in [0.5, 0.6) is 0 Å². The van der Waals surface area contributed by atoms with Crippen LogP contribution < -0.4 is 0 Å². The molecule has 0 aromatic heterocycles. The van der Waals surface area contributed by atoms with Crippen LogP contribution in [0.4, 0.5) is 0 Å². The summed E-state index contributed by atoms with van der Waals surface area (Å²) in [4.78, 5) is 30.0. The van der Waals surface area contributed by atoms with Crippen molar-refractivity contribution in [1.29, 1.82) is 0 Å². The van der Waals surface area contributed by atoms with Crippen LogP contribution in [0.25, 0.3) is 0 Å². The molecule has 0 aromatic carbocycles. The van der Waals surface area contributed by atoms with Crippen molar-refractivity contribution in [3.63, 3.8) is 0 Å². The first kappa shape index (κ1) is 25.5. The average Bonchev–Trinajstić information content (AvgIpc) is 2.57. The predicted molar refractivity (Wildman–Crippen MR) is 75.1 cm³/mol. The third-order valence-electron chi connectivity index (χ3n) is 2.82. The molecule has 0 saturated heterocycles. The van der Waals surface area contributed by atoms with Gasteiger partial charge in [-0.05, 0) is 0 Å². The molecule has 0 saturated carbocycles. The first-order chi connectivity index (χ1) is 11.4. The lowest BCUT2D eigenvalue weighted by atomic mass is 10.0. The summed E-state index contributed by atoms with van der Waals surface area (Å²) in [6.07, 6.45) is -13.3. The highest BCUT2D eigenvalue weighted by molar-refractivity contribution is 5.75. The number of aldehydes is 1. The zero-order valence-corrected chi connectivity index (χ0v) is 12.7. The van der Waals surface area contributed by atoms with Gasteiger partial charge in [-0.1, -0.05) is 0 Å². The van der Waals surface area contributed by atoms with Crippen LogP contribution in [0.2, 0.25) is 0 Å². The van der Waals surface area contributed by atoms with Crippen molar-refractivity contribution in [1.82, 2.24) is 0 Å². The van der Waals surface area contributed by atoms with E-state index in [0.717, 1.165) is 0 Å². The van der Waals surface area contributed by atoms with Crippen molar-refractivity contribution in [2.24, 2.45) is 0 Å². The van der Waals surface area contributed by atoms with Gasteiger partial charge in [0.15, 0.2) is 12.2 Å². The summed E-state index contributed by atoms with van der Waals surface area (Å²) in [5.41, 5.74) is 0. The van der Waals surface area contributed by atoms with Gasteiger partial charge in [0.25, 0.3) is 0 Å². The van der Waals surface area contributed by atoms with Crippen LogP contribution in [-0.4, -0.2) is 119 Å². The van der Waals surface area contributed by atoms with E-state index in [0.29, 0.717) is 6.29 Å². The molecular formula is C12H22O13. The topological polar surface area (TPSA) is 254 Å². The zero-order valence-electron chi connectivity index (χ0n) is 12.7. The van der Waals surface area contributed by atoms with Gasteiger partial charge in [-0.2, -0.15) is 0 Å². The third-order valence-corrected chi connectivity index (χ3v) is 2.82. The van der Waals surface area contributed by atoms with Crippen LogP contribution in [0, 0.1) is 0 Å².